The van der Waals surface area contributed by atoms with Crippen LogP contribution in [0.25, 0.3) is 0 Å². The quantitative estimate of drug-likeness (QED) is 0.539. The predicted molar refractivity (Wildman–Crippen MR) is 101 cm³/mol. The number of benzene rings is 2. The third kappa shape index (κ3) is 5.24. The Morgan fingerprint density at radius 2 is 1.81 bits per heavy atom. The van der Waals surface area contributed by atoms with Crippen molar-refractivity contribution in [2.24, 2.45) is 5.16 Å². The molecule has 0 unspecified atom stereocenters. The Bertz CT molecular complexity index is 747. The molecule has 0 aromatic heterocycles. The minimum atomic E-state index is -0.680. The number of rotatable bonds is 8. The number of hydrogen-bond acceptors (Lipinski definition) is 5. The zero-order chi connectivity index (χ0) is 18.9. The van der Waals surface area contributed by atoms with Crippen LogP contribution in [0.2, 0.25) is 0 Å². The maximum Gasteiger partial charge on any atom is 0.266 e. The van der Waals surface area contributed by atoms with Crippen molar-refractivity contribution >= 4 is 12.1 Å². The molecule has 0 fully saturated rings. The molecule has 26 heavy (non-hydrogen) atoms. The van der Waals surface area contributed by atoms with Crippen LogP contribution in [-0.4, -0.2) is 44.4 Å². The van der Waals surface area contributed by atoms with E-state index in [1.54, 1.807) is 45.2 Å². The molecular weight excluding hydrogens is 332 g/mol. The van der Waals surface area contributed by atoms with E-state index in [0.717, 1.165) is 11.1 Å². The van der Waals surface area contributed by atoms with E-state index < -0.39 is 6.10 Å². The van der Waals surface area contributed by atoms with Crippen molar-refractivity contribution in [1.82, 2.24) is 4.90 Å². The SMILES string of the molecule is COc1ccc(/C=N\O[C@H](C)C(=O)N(C)Cc2ccccc2)cc1OC. The second-order valence-electron chi connectivity index (χ2n) is 5.78. The fourth-order valence-corrected chi connectivity index (χ4v) is 2.41. The molecule has 1 atom stereocenters. The van der Waals surface area contributed by atoms with Crippen molar-refractivity contribution in [1.29, 1.82) is 0 Å². The van der Waals surface area contributed by atoms with Gasteiger partial charge in [-0.3, -0.25) is 4.79 Å². The summed E-state index contributed by atoms with van der Waals surface area (Å²) in [5.74, 6) is 1.10. The van der Waals surface area contributed by atoms with Crippen LogP contribution in [0.3, 0.4) is 0 Å². The first-order valence-electron chi connectivity index (χ1n) is 8.25. The molecule has 0 radical (unpaired) electrons. The molecule has 6 nitrogen and oxygen atoms in total. The van der Waals surface area contributed by atoms with Gasteiger partial charge >= 0.3 is 0 Å². The van der Waals surface area contributed by atoms with E-state index in [9.17, 15) is 4.79 Å². The van der Waals surface area contributed by atoms with Crippen LogP contribution in [0.1, 0.15) is 18.1 Å². The summed E-state index contributed by atoms with van der Waals surface area (Å²) in [6, 6.07) is 15.2. The number of ether oxygens (including phenoxy) is 2. The summed E-state index contributed by atoms with van der Waals surface area (Å²) in [7, 11) is 4.89. The van der Waals surface area contributed by atoms with Crippen molar-refractivity contribution in [3.05, 3.63) is 59.7 Å². The van der Waals surface area contributed by atoms with Crippen molar-refractivity contribution in [2.75, 3.05) is 21.3 Å². The Morgan fingerprint density at radius 1 is 1.12 bits per heavy atom. The number of carbonyl (C=O) groups excluding carboxylic acids is 1. The maximum absolute atomic E-state index is 12.4. The molecule has 0 aliphatic carbocycles. The van der Waals surface area contributed by atoms with E-state index in [4.69, 9.17) is 14.3 Å². The topological polar surface area (TPSA) is 60.4 Å². The lowest BCUT2D eigenvalue weighted by Crippen LogP contribution is -2.35. The number of oxime groups is 1. The number of likely N-dealkylation sites (N-methyl/N-ethyl adjacent to an activating group) is 1. The smallest absolute Gasteiger partial charge is 0.266 e. The Morgan fingerprint density at radius 3 is 2.46 bits per heavy atom. The van der Waals surface area contributed by atoms with E-state index >= 15 is 0 Å². The monoisotopic (exact) mass is 356 g/mol. The molecule has 2 aromatic rings. The third-order valence-corrected chi connectivity index (χ3v) is 3.81. The molecule has 138 valence electrons. The van der Waals surface area contributed by atoms with E-state index in [2.05, 4.69) is 5.16 Å². The lowest BCUT2D eigenvalue weighted by molar-refractivity contribution is -0.141. The van der Waals surface area contributed by atoms with Crippen molar-refractivity contribution in [3.63, 3.8) is 0 Å². The number of methoxy groups -OCH3 is 2. The second-order valence-corrected chi connectivity index (χ2v) is 5.78. The minimum Gasteiger partial charge on any atom is -0.493 e. The molecule has 1 amide bonds. The van der Waals surface area contributed by atoms with Crippen LogP contribution in [0, 0.1) is 0 Å². The summed E-state index contributed by atoms with van der Waals surface area (Å²) in [4.78, 5) is 19.3. The first-order chi connectivity index (χ1) is 12.5. The molecule has 0 aliphatic heterocycles. The molecule has 2 rings (SSSR count). The lowest BCUT2D eigenvalue weighted by atomic mass is 10.2. The summed E-state index contributed by atoms with van der Waals surface area (Å²) in [6.45, 7) is 2.20. The van der Waals surface area contributed by atoms with Gasteiger partial charge in [0.15, 0.2) is 11.5 Å². The summed E-state index contributed by atoms with van der Waals surface area (Å²) in [5, 5.41) is 3.91. The highest BCUT2D eigenvalue weighted by Gasteiger charge is 2.19. The van der Waals surface area contributed by atoms with E-state index in [1.165, 1.54) is 6.21 Å². The molecule has 0 saturated heterocycles. The largest absolute Gasteiger partial charge is 0.493 e. The molecule has 0 bridgehead atoms. The maximum atomic E-state index is 12.4. The van der Waals surface area contributed by atoms with Gasteiger partial charge in [0, 0.05) is 19.2 Å². The second kappa shape index (κ2) is 9.46. The fourth-order valence-electron chi connectivity index (χ4n) is 2.41. The number of nitrogens with zero attached hydrogens (tertiary/aromatic N) is 2. The van der Waals surface area contributed by atoms with Crippen LogP contribution >= 0.6 is 0 Å². The lowest BCUT2D eigenvalue weighted by Gasteiger charge is -2.20. The summed E-state index contributed by atoms with van der Waals surface area (Å²) < 4.78 is 10.4. The van der Waals surface area contributed by atoms with Gasteiger partial charge in [0.05, 0.1) is 20.4 Å². The van der Waals surface area contributed by atoms with Gasteiger partial charge in [0.25, 0.3) is 5.91 Å². The standard InChI is InChI=1S/C20H24N2O4/c1-15(20(23)22(2)14-16-8-6-5-7-9-16)26-21-13-17-10-11-18(24-3)19(12-17)25-4/h5-13,15H,14H2,1-4H3/b21-13-/t15-/m1/s1. The summed E-state index contributed by atoms with van der Waals surface area (Å²) >= 11 is 0. The highest BCUT2D eigenvalue weighted by molar-refractivity contribution is 5.82. The molecule has 0 saturated carbocycles. The highest BCUT2D eigenvalue weighted by Crippen LogP contribution is 2.26. The molecule has 2 aromatic carbocycles. The third-order valence-electron chi connectivity index (χ3n) is 3.81. The van der Waals surface area contributed by atoms with Crippen LogP contribution in [0.5, 0.6) is 11.5 Å². The number of hydrogen-bond donors (Lipinski definition) is 0. The van der Waals surface area contributed by atoms with Gasteiger partial charge < -0.3 is 19.2 Å². The molecule has 0 aliphatic rings. The van der Waals surface area contributed by atoms with Gasteiger partial charge in [-0.2, -0.15) is 0 Å². The van der Waals surface area contributed by atoms with Gasteiger partial charge in [0.2, 0.25) is 6.10 Å². The molecule has 0 heterocycles. The van der Waals surface area contributed by atoms with Gasteiger partial charge in [-0.05, 0) is 30.7 Å². The molecule has 6 heteroatoms. The van der Waals surface area contributed by atoms with Crippen LogP contribution in [0.4, 0.5) is 0 Å². The zero-order valence-corrected chi connectivity index (χ0v) is 15.5. The van der Waals surface area contributed by atoms with Crippen LogP contribution < -0.4 is 9.47 Å². The Labute approximate surface area is 154 Å². The Balaban J connectivity index is 1.91. The number of carbonyl (C=O) groups is 1. The summed E-state index contributed by atoms with van der Waals surface area (Å²) in [6.07, 6.45) is 0.850. The average molecular weight is 356 g/mol. The average Bonchev–Trinajstić information content (AvgIpc) is 2.67. The molecule has 0 N–H and O–H groups in total. The van der Waals surface area contributed by atoms with Gasteiger partial charge in [0.1, 0.15) is 0 Å². The van der Waals surface area contributed by atoms with Crippen molar-refractivity contribution < 1.29 is 19.1 Å². The van der Waals surface area contributed by atoms with E-state index in [-0.39, 0.29) is 5.91 Å². The van der Waals surface area contributed by atoms with Crippen molar-refractivity contribution in [3.8, 4) is 11.5 Å². The molecule has 0 spiro atoms. The van der Waals surface area contributed by atoms with Gasteiger partial charge in [-0.25, -0.2) is 0 Å². The van der Waals surface area contributed by atoms with Crippen LogP contribution in [0.15, 0.2) is 53.7 Å². The van der Waals surface area contributed by atoms with E-state index in [0.29, 0.717) is 18.0 Å². The fraction of sp³-hybridized carbons (Fsp3) is 0.300. The Kier molecular flexibility index (Phi) is 7.02. The van der Waals surface area contributed by atoms with Gasteiger partial charge in [-0.15, -0.1) is 0 Å². The van der Waals surface area contributed by atoms with Crippen molar-refractivity contribution in [2.45, 2.75) is 19.6 Å². The minimum absolute atomic E-state index is 0.140. The predicted octanol–water partition coefficient (Wildman–Crippen LogP) is 3.10. The van der Waals surface area contributed by atoms with Gasteiger partial charge in [-0.1, -0.05) is 35.5 Å². The Hall–Kier alpha value is -3.02. The highest BCUT2D eigenvalue weighted by atomic mass is 16.6. The summed E-state index contributed by atoms with van der Waals surface area (Å²) in [5.41, 5.74) is 1.84. The number of amides is 1. The first-order valence-corrected chi connectivity index (χ1v) is 8.25. The van der Waals surface area contributed by atoms with Crippen LogP contribution in [-0.2, 0) is 16.2 Å². The first kappa shape index (κ1) is 19.3. The normalized spacial score (nSPS) is 11.8. The zero-order valence-electron chi connectivity index (χ0n) is 15.5. The molecular formula is C20H24N2O4. The van der Waals surface area contributed by atoms with E-state index in [1.807, 2.05) is 36.4 Å².